The number of rotatable bonds is 2. The minimum Gasteiger partial charge on any atom is -0.396 e. The SMILES string of the molecule is CC1CC(CN)(CO)C(C)O1. The molecular weight excluding hydrogens is 142 g/mol. The normalized spacial score (nSPS) is 44.7. The summed E-state index contributed by atoms with van der Waals surface area (Å²) >= 11 is 0. The minimum absolute atomic E-state index is 0.0903. The van der Waals surface area contributed by atoms with Crippen LogP contribution in [0.3, 0.4) is 0 Å². The smallest absolute Gasteiger partial charge is 0.0641 e. The lowest BCUT2D eigenvalue weighted by atomic mass is 9.81. The van der Waals surface area contributed by atoms with Gasteiger partial charge in [0, 0.05) is 12.0 Å². The molecule has 3 N–H and O–H groups in total. The van der Waals surface area contributed by atoms with E-state index in [0.717, 1.165) is 6.42 Å². The maximum Gasteiger partial charge on any atom is 0.0641 e. The Bertz CT molecular complexity index is 134. The molecule has 3 heteroatoms. The molecule has 1 heterocycles. The summed E-state index contributed by atoms with van der Waals surface area (Å²) in [5, 5.41) is 9.14. The van der Waals surface area contributed by atoms with E-state index in [9.17, 15) is 0 Å². The van der Waals surface area contributed by atoms with Crippen molar-refractivity contribution in [2.45, 2.75) is 32.5 Å². The van der Waals surface area contributed by atoms with Gasteiger partial charge in [-0.3, -0.25) is 0 Å². The van der Waals surface area contributed by atoms with Crippen LogP contribution in [0, 0.1) is 5.41 Å². The first-order valence-electron chi connectivity index (χ1n) is 4.11. The van der Waals surface area contributed by atoms with Crippen LogP contribution in [0.5, 0.6) is 0 Å². The number of ether oxygens (including phenoxy) is 1. The van der Waals surface area contributed by atoms with Crippen molar-refractivity contribution >= 4 is 0 Å². The lowest BCUT2D eigenvalue weighted by molar-refractivity contribution is 0.0124. The van der Waals surface area contributed by atoms with Gasteiger partial charge in [-0.25, -0.2) is 0 Å². The molecule has 0 aromatic carbocycles. The van der Waals surface area contributed by atoms with Gasteiger partial charge in [-0.05, 0) is 20.3 Å². The Hall–Kier alpha value is -0.120. The number of aliphatic hydroxyl groups excluding tert-OH is 1. The molecular formula is C8H17NO2. The van der Waals surface area contributed by atoms with Crippen molar-refractivity contribution in [3.63, 3.8) is 0 Å². The quantitative estimate of drug-likeness (QED) is 0.601. The summed E-state index contributed by atoms with van der Waals surface area (Å²) in [6.07, 6.45) is 1.20. The van der Waals surface area contributed by atoms with Crippen molar-refractivity contribution in [3.05, 3.63) is 0 Å². The molecule has 3 unspecified atom stereocenters. The average molecular weight is 159 g/mol. The maximum atomic E-state index is 9.14. The second-order valence-corrected chi connectivity index (χ2v) is 3.52. The van der Waals surface area contributed by atoms with E-state index >= 15 is 0 Å². The zero-order valence-electron chi connectivity index (χ0n) is 7.21. The number of hydrogen-bond donors (Lipinski definition) is 2. The average Bonchev–Trinajstić information content (AvgIpc) is 2.27. The first-order valence-corrected chi connectivity index (χ1v) is 4.11. The highest BCUT2D eigenvalue weighted by Crippen LogP contribution is 2.36. The Balaban J connectivity index is 2.67. The van der Waals surface area contributed by atoms with E-state index in [4.69, 9.17) is 15.6 Å². The Labute approximate surface area is 67.5 Å². The fraction of sp³-hybridized carbons (Fsp3) is 1.00. The summed E-state index contributed by atoms with van der Waals surface area (Å²) in [6.45, 7) is 4.64. The zero-order valence-corrected chi connectivity index (χ0v) is 7.21. The van der Waals surface area contributed by atoms with Crippen LogP contribution < -0.4 is 5.73 Å². The van der Waals surface area contributed by atoms with Gasteiger partial charge in [-0.15, -0.1) is 0 Å². The summed E-state index contributed by atoms with van der Waals surface area (Å²) in [6, 6.07) is 0. The largest absolute Gasteiger partial charge is 0.396 e. The number of hydrogen-bond acceptors (Lipinski definition) is 3. The van der Waals surface area contributed by atoms with Crippen LogP contribution in [0.15, 0.2) is 0 Å². The molecule has 1 aliphatic rings. The van der Waals surface area contributed by atoms with Crippen molar-refractivity contribution in [1.82, 2.24) is 0 Å². The van der Waals surface area contributed by atoms with Gasteiger partial charge in [0.25, 0.3) is 0 Å². The molecule has 0 aromatic heterocycles. The number of nitrogens with two attached hydrogens (primary N) is 1. The Kier molecular flexibility index (Phi) is 2.52. The van der Waals surface area contributed by atoms with Crippen LogP contribution in [0.25, 0.3) is 0 Å². The summed E-state index contributed by atoms with van der Waals surface area (Å²) in [7, 11) is 0. The first kappa shape index (κ1) is 8.97. The molecule has 1 saturated heterocycles. The van der Waals surface area contributed by atoms with E-state index < -0.39 is 0 Å². The predicted octanol–water partition coefficient (Wildman–Crippen LogP) is 0.121. The second kappa shape index (κ2) is 3.09. The van der Waals surface area contributed by atoms with Gasteiger partial charge >= 0.3 is 0 Å². The van der Waals surface area contributed by atoms with Crippen LogP contribution in [-0.2, 0) is 4.74 Å². The summed E-state index contributed by atoms with van der Waals surface area (Å²) in [4.78, 5) is 0. The molecule has 0 aromatic rings. The van der Waals surface area contributed by atoms with Crippen LogP contribution in [0.4, 0.5) is 0 Å². The predicted molar refractivity (Wildman–Crippen MR) is 43.2 cm³/mol. The van der Waals surface area contributed by atoms with Gasteiger partial charge in [0.1, 0.15) is 0 Å². The first-order chi connectivity index (χ1) is 5.14. The van der Waals surface area contributed by atoms with E-state index in [2.05, 4.69) is 0 Å². The summed E-state index contributed by atoms with van der Waals surface area (Å²) in [5.41, 5.74) is 5.41. The molecule has 11 heavy (non-hydrogen) atoms. The molecule has 0 bridgehead atoms. The third kappa shape index (κ3) is 1.41. The van der Waals surface area contributed by atoms with Gasteiger partial charge in [-0.2, -0.15) is 0 Å². The Morgan fingerprint density at radius 1 is 1.64 bits per heavy atom. The Morgan fingerprint density at radius 2 is 2.27 bits per heavy atom. The van der Waals surface area contributed by atoms with Crippen LogP contribution >= 0.6 is 0 Å². The second-order valence-electron chi connectivity index (χ2n) is 3.52. The molecule has 3 atom stereocenters. The van der Waals surface area contributed by atoms with Crippen molar-refractivity contribution in [3.8, 4) is 0 Å². The topological polar surface area (TPSA) is 55.5 Å². The fourth-order valence-electron chi connectivity index (χ4n) is 1.79. The van der Waals surface area contributed by atoms with E-state index in [-0.39, 0.29) is 24.2 Å². The van der Waals surface area contributed by atoms with Crippen molar-refractivity contribution in [2.75, 3.05) is 13.2 Å². The lowest BCUT2D eigenvalue weighted by Crippen LogP contribution is -2.39. The molecule has 0 saturated carbocycles. The van der Waals surface area contributed by atoms with Gasteiger partial charge in [-0.1, -0.05) is 0 Å². The molecule has 1 aliphatic heterocycles. The molecule has 0 amide bonds. The highest BCUT2D eigenvalue weighted by Gasteiger charge is 2.43. The van der Waals surface area contributed by atoms with Crippen LogP contribution in [0.2, 0.25) is 0 Å². The zero-order chi connectivity index (χ0) is 8.48. The molecule has 0 radical (unpaired) electrons. The van der Waals surface area contributed by atoms with E-state index in [1.807, 2.05) is 13.8 Å². The molecule has 1 fully saturated rings. The number of aliphatic hydroxyl groups is 1. The van der Waals surface area contributed by atoms with Gasteiger partial charge in [0.15, 0.2) is 0 Å². The van der Waals surface area contributed by atoms with E-state index in [1.54, 1.807) is 0 Å². The molecule has 66 valence electrons. The lowest BCUT2D eigenvalue weighted by Gasteiger charge is -2.27. The Morgan fingerprint density at radius 3 is 2.45 bits per heavy atom. The summed E-state index contributed by atoms with van der Waals surface area (Å²) < 4.78 is 5.52. The van der Waals surface area contributed by atoms with Crippen molar-refractivity contribution in [2.24, 2.45) is 11.1 Å². The highest BCUT2D eigenvalue weighted by atomic mass is 16.5. The van der Waals surface area contributed by atoms with E-state index in [0.29, 0.717) is 6.54 Å². The van der Waals surface area contributed by atoms with Crippen LogP contribution in [-0.4, -0.2) is 30.5 Å². The van der Waals surface area contributed by atoms with Crippen LogP contribution in [0.1, 0.15) is 20.3 Å². The third-order valence-corrected chi connectivity index (χ3v) is 2.71. The van der Waals surface area contributed by atoms with Gasteiger partial charge in [0.05, 0.1) is 18.8 Å². The molecule has 1 rings (SSSR count). The molecule has 3 nitrogen and oxygen atoms in total. The van der Waals surface area contributed by atoms with Crippen molar-refractivity contribution in [1.29, 1.82) is 0 Å². The van der Waals surface area contributed by atoms with Gasteiger partial charge in [0.2, 0.25) is 0 Å². The molecule has 0 aliphatic carbocycles. The fourth-order valence-corrected chi connectivity index (χ4v) is 1.79. The maximum absolute atomic E-state index is 9.14. The summed E-state index contributed by atoms with van der Waals surface area (Å²) in [5.74, 6) is 0. The third-order valence-electron chi connectivity index (χ3n) is 2.71. The minimum atomic E-state index is -0.181. The highest BCUT2D eigenvalue weighted by molar-refractivity contribution is 4.92. The van der Waals surface area contributed by atoms with Crippen molar-refractivity contribution < 1.29 is 9.84 Å². The monoisotopic (exact) mass is 159 g/mol. The standard InChI is InChI=1S/C8H17NO2/c1-6-3-8(4-9,5-10)7(2)11-6/h6-7,10H,3-5,9H2,1-2H3. The van der Waals surface area contributed by atoms with Gasteiger partial charge < -0.3 is 15.6 Å². The van der Waals surface area contributed by atoms with E-state index in [1.165, 1.54) is 0 Å². The molecule has 0 spiro atoms.